The molecule has 0 saturated heterocycles. The van der Waals surface area contributed by atoms with E-state index in [1.807, 2.05) is 0 Å². The molecule has 72 valence electrons. The molecule has 0 unspecified atom stereocenters. The van der Waals surface area contributed by atoms with Crippen molar-refractivity contribution in [2.75, 3.05) is 0 Å². The number of hydrogen-bond donors (Lipinski definition) is 3. The standard InChI is InChI=1S/C8H7N3O3/c9-7(11-13)4-2-1-3-5-6(4)14-8(12)10-5/h1-3,13H,(H2,9,11)(H,10,12). The number of fused-ring (bicyclic) bond motifs is 1. The van der Waals surface area contributed by atoms with Gasteiger partial charge in [0.05, 0.1) is 11.1 Å². The largest absolute Gasteiger partial charge is 0.417 e. The predicted octanol–water partition coefficient (Wildman–Crippen LogP) is 0.216. The Labute approximate surface area is 77.6 Å². The van der Waals surface area contributed by atoms with Gasteiger partial charge in [-0.15, -0.1) is 0 Å². The van der Waals surface area contributed by atoms with E-state index in [0.29, 0.717) is 11.1 Å². The number of nitrogens with zero attached hydrogens (tertiary/aromatic N) is 1. The van der Waals surface area contributed by atoms with Crippen LogP contribution in [0.15, 0.2) is 32.6 Å². The molecule has 1 aromatic heterocycles. The Morgan fingerprint density at radius 3 is 3.07 bits per heavy atom. The van der Waals surface area contributed by atoms with Gasteiger partial charge in [-0.2, -0.15) is 0 Å². The summed E-state index contributed by atoms with van der Waals surface area (Å²) in [5.74, 6) is -0.670. The Morgan fingerprint density at radius 2 is 2.36 bits per heavy atom. The number of H-pyrrole nitrogens is 1. The van der Waals surface area contributed by atoms with Crippen LogP contribution in [0.2, 0.25) is 0 Å². The first-order valence-corrected chi connectivity index (χ1v) is 3.82. The summed E-state index contributed by atoms with van der Waals surface area (Å²) in [5, 5.41) is 11.3. The molecule has 6 heteroatoms. The normalized spacial score (nSPS) is 12.1. The summed E-state index contributed by atoms with van der Waals surface area (Å²) < 4.78 is 4.84. The van der Waals surface area contributed by atoms with Gasteiger partial charge in [0.25, 0.3) is 0 Å². The molecular formula is C8H7N3O3. The molecule has 4 N–H and O–H groups in total. The molecule has 1 heterocycles. The summed E-state index contributed by atoms with van der Waals surface area (Å²) in [6.07, 6.45) is 0. The van der Waals surface area contributed by atoms with E-state index in [-0.39, 0.29) is 11.4 Å². The fourth-order valence-corrected chi connectivity index (χ4v) is 1.23. The first kappa shape index (κ1) is 8.36. The van der Waals surface area contributed by atoms with Crippen molar-refractivity contribution in [3.63, 3.8) is 0 Å². The minimum absolute atomic E-state index is 0.0987. The first-order valence-electron chi connectivity index (χ1n) is 3.82. The second-order valence-corrected chi connectivity index (χ2v) is 2.68. The van der Waals surface area contributed by atoms with Crippen LogP contribution in [-0.4, -0.2) is 16.0 Å². The third kappa shape index (κ3) is 1.13. The fraction of sp³-hybridized carbons (Fsp3) is 0. The van der Waals surface area contributed by atoms with Gasteiger partial charge >= 0.3 is 5.76 Å². The number of hydrogen-bond acceptors (Lipinski definition) is 4. The highest BCUT2D eigenvalue weighted by molar-refractivity contribution is 6.05. The number of aromatic nitrogens is 1. The highest BCUT2D eigenvalue weighted by Gasteiger charge is 2.09. The number of benzene rings is 1. The summed E-state index contributed by atoms with van der Waals surface area (Å²) in [6, 6.07) is 4.92. The Hall–Kier alpha value is -2.24. The monoisotopic (exact) mass is 193 g/mol. The summed E-state index contributed by atoms with van der Waals surface area (Å²) in [5.41, 5.74) is 6.57. The molecule has 0 aliphatic rings. The summed E-state index contributed by atoms with van der Waals surface area (Å²) in [7, 11) is 0. The smallest absolute Gasteiger partial charge is 0.409 e. The first-order chi connectivity index (χ1) is 6.72. The minimum atomic E-state index is -0.571. The van der Waals surface area contributed by atoms with E-state index in [2.05, 4.69) is 10.1 Å². The van der Waals surface area contributed by atoms with Gasteiger partial charge in [0, 0.05) is 0 Å². The lowest BCUT2D eigenvalue weighted by atomic mass is 10.2. The topological polar surface area (TPSA) is 105 Å². The lowest BCUT2D eigenvalue weighted by Gasteiger charge is -1.97. The van der Waals surface area contributed by atoms with E-state index in [1.165, 1.54) is 0 Å². The number of aromatic amines is 1. The second kappa shape index (κ2) is 2.91. The zero-order valence-electron chi connectivity index (χ0n) is 7.02. The average Bonchev–Trinajstić information content (AvgIpc) is 2.56. The maximum absolute atomic E-state index is 10.9. The number of oxazole rings is 1. The number of nitrogens with two attached hydrogens (primary N) is 1. The maximum atomic E-state index is 10.9. The third-order valence-electron chi connectivity index (χ3n) is 1.83. The number of nitrogens with one attached hydrogen (secondary N) is 1. The number of amidine groups is 1. The van der Waals surface area contributed by atoms with Crippen molar-refractivity contribution in [1.82, 2.24) is 4.98 Å². The highest BCUT2D eigenvalue weighted by atomic mass is 16.4. The molecule has 2 aromatic rings. The second-order valence-electron chi connectivity index (χ2n) is 2.68. The third-order valence-corrected chi connectivity index (χ3v) is 1.83. The lowest BCUT2D eigenvalue weighted by Crippen LogP contribution is -2.13. The Balaban J connectivity index is 2.83. The van der Waals surface area contributed by atoms with Gasteiger partial charge in [0.1, 0.15) is 0 Å². The van der Waals surface area contributed by atoms with Gasteiger partial charge in [0.15, 0.2) is 11.4 Å². The van der Waals surface area contributed by atoms with Crippen LogP contribution in [0.1, 0.15) is 5.56 Å². The molecule has 1 aromatic carbocycles. The van der Waals surface area contributed by atoms with Crippen molar-refractivity contribution < 1.29 is 9.62 Å². The van der Waals surface area contributed by atoms with Crippen molar-refractivity contribution >= 4 is 16.9 Å². The van der Waals surface area contributed by atoms with Crippen LogP contribution < -0.4 is 11.5 Å². The molecule has 0 radical (unpaired) electrons. The number of oxime groups is 1. The van der Waals surface area contributed by atoms with E-state index in [1.54, 1.807) is 18.2 Å². The van der Waals surface area contributed by atoms with E-state index >= 15 is 0 Å². The van der Waals surface area contributed by atoms with Crippen molar-refractivity contribution in [3.05, 3.63) is 34.3 Å². The van der Waals surface area contributed by atoms with Crippen LogP contribution in [0.5, 0.6) is 0 Å². The summed E-state index contributed by atoms with van der Waals surface area (Å²) in [4.78, 5) is 13.4. The molecule has 0 bridgehead atoms. The molecule has 0 saturated carbocycles. The van der Waals surface area contributed by atoms with E-state index in [0.717, 1.165) is 0 Å². The van der Waals surface area contributed by atoms with E-state index in [9.17, 15) is 4.79 Å². The van der Waals surface area contributed by atoms with Crippen LogP contribution in [0, 0.1) is 0 Å². The molecule has 0 atom stereocenters. The van der Waals surface area contributed by atoms with Gasteiger partial charge in [-0.1, -0.05) is 11.2 Å². The van der Waals surface area contributed by atoms with Crippen LogP contribution >= 0.6 is 0 Å². The molecule has 14 heavy (non-hydrogen) atoms. The molecular weight excluding hydrogens is 186 g/mol. The molecule has 6 nitrogen and oxygen atoms in total. The lowest BCUT2D eigenvalue weighted by molar-refractivity contribution is 0.318. The molecule has 0 aliphatic heterocycles. The molecule has 0 spiro atoms. The van der Waals surface area contributed by atoms with Crippen molar-refractivity contribution in [1.29, 1.82) is 0 Å². The van der Waals surface area contributed by atoms with Gasteiger partial charge < -0.3 is 15.4 Å². The average molecular weight is 193 g/mol. The molecule has 0 amide bonds. The SMILES string of the molecule is N/C(=N/O)c1cccc2[nH]c(=O)oc12. The molecule has 2 rings (SSSR count). The summed E-state index contributed by atoms with van der Waals surface area (Å²) >= 11 is 0. The highest BCUT2D eigenvalue weighted by Crippen LogP contribution is 2.14. The number of rotatable bonds is 1. The quantitative estimate of drug-likeness (QED) is 0.260. The van der Waals surface area contributed by atoms with Crippen LogP contribution in [0.4, 0.5) is 0 Å². The van der Waals surface area contributed by atoms with Crippen molar-refractivity contribution in [3.8, 4) is 0 Å². The Morgan fingerprint density at radius 1 is 1.57 bits per heavy atom. The molecule has 0 fully saturated rings. The van der Waals surface area contributed by atoms with Crippen molar-refractivity contribution in [2.45, 2.75) is 0 Å². The molecule has 0 aliphatic carbocycles. The van der Waals surface area contributed by atoms with Crippen LogP contribution in [0.25, 0.3) is 11.1 Å². The zero-order valence-corrected chi connectivity index (χ0v) is 7.02. The van der Waals surface area contributed by atoms with Gasteiger partial charge in [-0.25, -0.2) is 4.79 Å². The Bertz CT molecular complexity index is 552. The fourth-order valence-electron chi connectivity index (χ4n) is 1.23. The van der Waals surface area contributed by atoms with Gasteiger partial charge in [-0.3, -0.25) is 4.98 Å². The van der Waals surface area contributed by atoms with Gasteiger partial charge in [0.2, 0.25) is 0 Å². The van der Waals surface area contributed by atoms with E-state index < -0.39 is 5.76 Å². The van der Waals surface area contributed by atoms with Gasteiger partial charge in [-0.05, 0) is 12.1 Å². The van der Waals surface area contributed by atoms with Crippen LogP contribution in [0.3, 0.4) is 0 Å². The zero-order chi connectivity index (χ0) is 10.1. The summed E-state index contributed by atoms with van der Waals surface area (Å²) in [6.45, 7) is 0. The maximum Gasteiger partial charge on any atom is 0.417 e. The minimum Gasteiger partial charge on any atom is -0.409 e. The number of para-hydroxylation sites is 1. The predicted molar refractivity (Wildman–Crippen MR) is 49.3 cm³/mol. The van der Waals surface area contributed by atoms with Crippen molar-refractivity contribution in [2.24, 2.45) is 10.9 Å². The van der Waals surface area contributed by atoms with Crippen LogP contribution in [-0.2, 0) is 0 Å². The van der Waals surface area contributed by atoms with E-state index in [4.69, 9.17) is 15.4 Å². The Kier molecular flexibility index (Phi) is 1.74.